The summed E-state index contributed by atoms with van der Waals surface area (Å²) in [4.78, 5) is 7.67. The number of hydrogen-bond acceptors (Lipinski definition) is 4. The van der Waals surface area contributed by atoms with Crippen molar-refractivity contribution in [3.63, 3.8) is 0 Å². The van der Waals surface area contributed by atoms with Crippen molar-refractivity contribution in [1.82, 2.24) is 9.80 Å². The first kappa shape index (κ1) is 23.8. The lowest BCUT2D eigenvalue weighted by atomic mass is 10.1. The Morgan fingerprint density at radius 2 is 1.50 bits per heavy atom. The molecule has 1 aromatic rings. The van der Waals surface area contributed by atoms with Crippen molar-refractivity contribution < 1.29 is 4.74 Å². The van der Waals surface area contributed by atoms with Gasteiger partial charge in [0.2, 0.25) is 0 Å². The van der Waals surface area contributed by atoms with Crippen LogP contribution in [0.3, 0.4) is 0 Å². The highest BCUT2D eigenvalue weighted by molar-refractivity contribution is 5.86. The first-order chi connectivity index (χ1) is 10.3. The van der Waals surface area contributed by atoms with Crippen LogP contribution in [-0.2, 0) is 4.74 Å². The molecule has 7 heteroatoms. The SMILES string of the molecule is CC1CN(CCN2CCOCC2)CCN1c1ccccc1.Cl.Cl.Cl. The van der Waals surface area contributed by atoms with Crippen LogP contribution in [0.4, 0.5) is 5.69 Å². The molecule has 2 aliphatic rings. The fourth-order valence-electron chi connectivity index (χ4n) is 3.35. The van der Waals surface area contributed by atoms with Gasteiger partial charge in [0.25, 0.3) is 0 Å². The van der Waals surface area contributed by atoms with Crippen molar-refractivity contribution in [2.24, 2.45) is 0 Å². The van der Waals surface area contributed by atoms with E-state index in [1.54, 1.807) is 0 Å². The molecule has 2 fully saturated rings. The van der Waals surface area contributed by atoms with E-state index in [-0.39, 0.29) is 37.2 Å². The van der Waals surface area contributed by atoms with E-state index in [1.807, 2.05) is 0 Å². The molecule has 0 spiro atoms. The highest BCUT2D eigenvalue weighted by Gasteiger charge is 2.24. The van der Waals surface area contributed by atoms with E-state index in [1.165, 1.54) is 31.9 Å². The number of nitrogens with zero attached hydrogens (tertiary/aromatic N) is 3. The molecule has 0 radical (unpaired) electrons. The van der Waals surface area contributed by atoms with Gasteiger partial charge < -0.3 is 9.64 Å². The minimum atomic E-state index is 0. The minimum Gasteiger partial charge on any atom is -0.379 e. The summed E-state index contributed by atoms with van der Waals surface area (Å²) >= 11 is 0. The topological polar surface area (TPSA) is 19.0 Å². The summed E-state index contributed by atoms with van der Waals surface area (Å²) in [7, 11) is 0. The van der Waals surface area contributed by atoms with Crippen molar-refractivity contribution in [1.29, 1.82) is 0 Å². The second-order valence-corrected chi connectivity index (χ2v) is 6.13. The van der Waals surface area contributed by atoms with Gasteiger partial charge in [0, 0.05) is 57.5 Å². The van der Waals surface area contributed by atoms with Crippen LogP contribution in [0.2, 0.25) is 0 Å². The maximum atomic E-state index is 5.41. The van der Waals surface area contributed by atoms with Gasteiger partial charge in [-0.3, -0.25) is 9.80 Å². The summed E-state index contributed by atoms with van der Waals surface area (Å²) in [6, 6.07) is 11.4. The lowest BCUT2D eigenvalue weighted by Crippen LogP contribution is -2.53. The van der Waals surface area contributed by atoms with Crippen LogP contribution in [0.5, 0.6) is 0 Å². The highest BCUT2D eigenvalue weighted by atomic mass is 35.5. The fourth-order valence-corrected chi connectivity index (χ4v) is 3.35. The second-order valence-electron chi connectivity index (χ2n) is 6.13. The summed E-state index contributed by atoms with van der Waals surface area (Å²) in [5, 5.41) is 0. The zero-order chi connectivity index (χ0) is 14.5. The molecule has 1 unspecified atom stereocenters. The van der Waals surface area contributed by atoms with Gasteiger partial charge in [-0.05, 0) is 19.1 Å². The Morgan fingerprint density at radius 1 is 0.875 bits per heavy atom. The number of rotatable bonds is 4. The van der Waals surface area contributed by atoms with Gasteiger partial charge in [0.15, 0.2) is 0 Å². The summed E-state index contributed by atoms with van der Waals surface area (Å²) in [5.41, 5.74) is 1.36. The Bertz CT molecular complexity index is 432. The van der Waals surface area contributed by atoms with Crippen molar-refractivity contribution in [3.8, 4) is 0 Å². The Kier molecular flexibility index (Phi) is 12.1. The van der Waals surface area contributed by atoms with E-state index in [4.69, 9.17) is 4.74 Å². The van der Waals surface area contributed by atoms with Crippen LogP contribution in [0.1, 0.15) is 6.92 Å². The molecule has 2 saturated heterocycles. The molecule has 140 valence electrons. The van der Waals surface area contributed by atoms with Gasteiger partial charge in [-0.25, -0.2) is 0 Å². The average Bonchev–Trinajstić information content (AvgIpc) is 2.55. The summed E-state index contributed by atoms with van der Waals surface area (Å²) < 4.78 is 5.41. The molecule has 0 aliphatic carbocycles. The highest BCUT2D eigenvalue weighted by Crippen LogP contribution is 2.19. The standard InChI is InChI=1S/C17H27N3O.3ClH/c1-16-15-19(8-7-18-11-13-21-14-12-18)9-10-20(16)17-5-3-2-4-6-17;;;/h2-6,16H,7-15H2,1H3;3*1H. The number of piperazine rings is 1. The first-order valence-electron chi connectivity index (χ1n) is 8.17. The summed E-state index contributed by atoms with van der Waals surface area (Å²) in [5.74, 6) is 0. The number of para-hydroxylation sites is 1. The van der Waals surface area contributed by atoms with Crippen LogP contribution >= 0.6 is 37.2 Å². The van der Waals surface area contributed by atoms with Crippen molar-refractivity contribution in [2.45, 2.75) is 13.0 Å². The van der Waals surface area contributed by atoms with E-state index in [9.17, 15) is 0 Å². The van der Waals surface area contributed by atoms with Crippen molar-refractivity contribution >= 4 is 42.9 Å². The summed E-state index contributed by atoms with van der Waals surface area (Å²) in [6.45, 7) is 12.2. The molecular formula is C17H30Cl3N3O. The molecule has 3 rings (SSSR count). The number of benzene rings is 1. The van der Waals surface area contributed by atoms with Crippen molar-refractivity contribution in [2.75, 3.05) is 63.9 Å². The lowest BCUT2D eigenvalue weighted by molar-refractivity contribution is 0.0325. The Hall–Kier alpha value is -0.230. The molecule has 0 bridgehead atoms. The number of halogens is 3. The van der Waals surface area contributed by atoms with E-state index < -0.39 is 0 Å². The lowest BCUT2D eigenvalue weighted by Gasteiger charge is -2.42. The maximum absolute atomic E-state index is 5.41. The van der Waals surface area contributed by atoms with Crippen molar-refractivity contribution in [3.05, 3.63) is 30.3 Å². The monoisotopic (exact) mass is 397 g/mol. The number of hydrogen-bond donors (Lipinski definition) is 0. The zero-order valence-corrected chi connectivity index (χ0v) is 16.8. The molecule has 4 nitrogen and oxygen atoms in total. The van der Waals surface area contributed by atoms with Crippen LogP contribution in [-0.4, -0.2) is 74.9 Å². The first-order valence-corrected chi connectivity index (χ1v) is 8.17. The molecule has 24 heavy (non-hydrogen) atoms. The third kappa shape index (κ3) is 6.58. The zero-order valence-electron chi connectivity index (χ0n) is 14.3. The molecular weight excluding hydrogens is 369 g/mol. The van der Waals surface area contributed by atoms with Gasteiger partial charge in [0.05, 0.1) is 13.2 Å². The third-order valence-corrected chi connectivity index (χ3v) is 4.64. The number of ether oxygens (including phenoxy) is 1. The normalized spacial score (nSPS) is 22.0. The quantitative estimate of drug-likeness (QED) is 0.776. The predicted octanol–water partition coefficient (Wildman–Crippen LogP) is 2.79. The predicted molar refractivity (Wildman–Crippen MR) is 109 cm³/mol. The Morgan fingerprint density at radius 3 is 2.12 bits per heavy atom. The molecule has 1 atom stereocenters. The van der Waals surface area contributed by atoms with Crippen LogP contribution < -0.4 is 4.90 Å². The van der Waals surface area contributed by atoms with Crippen LogP contribution in [0.25, 0.3) is 0 Å². The molecule has 2 heterocycles. The summed E-state index contributed by atoms with van der Waals surface area (Å²) in [6.07, 6.45) is 0. The third-order valence-electron chi connectivity index (χ3n) is 4.64. The molecule has 0 aromatic heterocycles. The smallest absolute Gasteiger partial charge is 0.0594 e. The second kappa shape index (κ2) is 12.2. The fraction of sp³-hybridized carbons (Fsp3) is 0.647. The van der Waals surface area contributed by atoms with Crippen LogP contribution in [0, 0.1) is 0 Å². The molecule has 0 amide bonds. The van der Waals surface area contributed by atoms with Gasteiger partial charge in [-0.2, -0.15) is 0 Å². The molecule has 0 saturated carbocycles. The minimum absolute atomic E-state index is 0. The Balaban J connectivity index is 0.00000176. The van der Waals surface area contributed by atoms with Gasteiger partial charge >= 0.3 is 0 Å². The van der Waals surface area contributed by atoms with E-state index in [2.05, 4.69) is 52.0 Å². The number of morpholine rings is 1. The van der Waals surface area contributed by atoms with Gasteiger partial charge in [-0.1, -0.05) is 18.2 Å². The van der Waals surface area contributed by atoms with Crippen LogP contribution in [0.15, 0.2) is 30.3 Å². The van der Waals surface area contributed by atoms with Gasteiger partial charge in [-0.15, -0.1) is 37.2 Å². The maximum Gasteiger partial charge on any atom is 0.0594 e. The molecule has 1 aromatic carbocycles. The van der Waals surface area contributed by atoms with E-state index >= 15 is 0 Å². The molecule has 0 N–H and O–H groups in total. The van der Waals surface area contributed by atoms with E-state index in [0.717, 1.165) is 32.8 Å². The number of anilines is 1. The molecule has 2 aliphatic heterocycles. The largest absolute Gasteiger partial charge is 0.379 e. The van der Waals surface area contributed by atoms with Gasteiger partial charge in [0.1, 0.15) is 0 Å². The average molecular weight is 399 g/mol. The van der Waals surface area contributed by atoms with E-state index in [0.29, 0.717) is 6.04 Å². The Labute approximate surface area is 164 Å².